The molecule has 0 radical (unpaired) electrons. The van der Waals surface area contributed by atoms with Crippen LogP contribution in [0.1, 0.15) is 20.8 Å². The SMILES string of the molecule is CC(C)(C)NNc1ncnc(Nc2ccccc2Br)c1N. The zero-order valence-corrected chi connectivity index (χ0v) is 13.8. The van der Waals surface area contributed by atoms with Gasteiger partial charge in [-0.1, -0.05) is 12.1 Å². The predicted octanol–water partition coefficient (Wildman–Crippen LogP) is 3.28. The molecule has 0 bridgehead atoms. The Bertz CT molecular complexity index is 623. The molecule has 1 aromatic carbocycles. The zero-order valence-electron chi connectivity index (χ0n) is 12.2. The largest absolute Gasteiger partial charge is 0.393 e. The summed E-state index contributed by atoms with van der Waals surface area (Å²) >= 11 is 3.48. The number of aromatic nitrogens is 2. The average molecular weight is 351 g/mol. The highest BCUT2D eigenvalue weighted by molar-refractivity contribution is 9.10. The van der Waals surface area contributed by atoms with E-state index < -0.39 is 0 Å². The molecule has 2 aromatic rings. The normalized spacial score (nSPS) is 11.2. The maximum absolute atomic E-state index is 6.11. The summed E-state index contributed by atoms with van der Waals surface area (Å²) in [4.78, 5) is 8.33. The highest BCUT2D eigenvalue weighted by Gasteiger charge is 2.13. The number of benzene rings is 1. The van der Waals surface area contributed by atoms with Crippen molar-refractivity contribution in [2.24, 2.45) is 0 Å². The number of hydrogen-bond donors (Lipinski definition) is 4. The van der Waals surface area contributed by atoms with Gasteiger partial charge in [-0.3, -0.25) is 0 Å². The summed E-state index contributed by atoms with van der Waals surface area (Å²) in [5.74, 6) is 1.09. The Kier molecular flexibility index (Phi) is 4.64. The van der Waals surface area contributed by atoms with Crippen molar-refractivity contribution in [2.45, 2.75) is 26.3 Å². The van der Waals surface area contributed by atoms with Gasteiger partial charge in [0.25, 0.3) is 0 Å². The number of halogens is 1. The Hall–Kier alpha value is -1.86. The second-order valence-electron chi connectivity index (χ2n) is 5.59. The molecule has 0 aliphatic heterocycles. The molecule has 0 aliphatic carbocycles. The van der Waals surface area contributed by atoms with Gasteiger partial charge in [0.1, 0.15) is 12.0 Å². The molecule has 6 nitrogen and oxygen atoms in total. The van der Waals surface area contributed by atoms with Crippen LogP contribution in [0.3, 0.4) is 0 Å². The fourth-order valence-corrected chi connectivity index (χ4v) is 1.92. The Morgan fingerprint density at radius 1 is 1.10 bits per heavy atom. The quantitative estimate of drug-likeness (QED) is 0.633. The molecule has 0 saturated heterocycles. The minimum atomic E-state index is -0.104. The van der Waals surface area contributed by atoms with Crippen LogP contribution >= 0.6 is 15.9 Å². The van der Waals surface area contributed by atoms with Crippen molar-refractivity contribution in [3.05, 3.63) is 35.1 Å². The van der Waals surface area contributed by atoms with Crippen molar-refractivity contribution >= 4 is 38.9 Å². The molecule has 1 aromatic heterocycles. The van der Waals surface area contributed by atoms with Crippen LogP contribution in [0.15, 0.2) is 35.1 Å². The van der Waals surface area contributed by atoms with E-state index in [-0.39, 0.29) is 5.54 Å². The summed E-state index contributed by atoms with van der Waals surface area (Å²) in [7, 11) is 0. The molecule has 0 saturated carbocycles. The summed E-state index contributed by atoms with van der Waals surface area (Å²) in [5, 5.41) is 3.19. The van der Waals surface area contributed by atoms with Crippen molar-refractivity contribution in [3.8, 4) is 0 Å². The molecule has 0 amide bonds. The van der Waals surface area contributed by atoms with Gasteiger partial charge in [0.2, 0.25) is 0 Å². The average Bonchev–Trinajstić information content (AvgIpc) is 2.41. The van der Waals surface area contributed by atoms with Crippen LogP contribution in [0.5, 0.6) is 0 Å². The van der Waals surface area contributed by atoms with E-state index in [0.717, 1.165) is 10.2 Å². The molecule has 0 unspecified atom stereocenters. The monoisotopic (exact) mass is 350 g/mol. The maximum atomic E-state index is 6.11. The van der Waals surface area contributed by atoms with E-state index in [1.165, 1.54) is 6.33 Å². The van der Waals surface area contributed by atoms with E-state index >= 15 is 0 Å². The summed E-state index contributed by atoms with van der Waals surface area (Å²) in [6.07, 6.45) is 1.46. The fourth-order valence-electron chi connectivity index (χ4n) is 1.53. The van der Waals surface area contributed by atoms with E-state index in [0.29, 0.717) is 17.3 Å². The summed E-state index contributed by atoms with van der Waals surface area (Å²) in [6.45, 7) is 6.12. The van der Waals surface area contributed by atoms with Crippen LogP contribution in [0.2, 0.25) is 0 Å². The molecule has 112 valence electrons. The minimum Gasteiger partial charge on any atom is -0.393 e. The van der Waals surface area contributed by atoms with Gasteiger partial charge < -0.3 is 16.5 Å². The molecule has 21 heavy (non-hydrogen) atoms. The molecule has 7 heteroatoms. The molecule has 0 aliphatic rings. The molecular weight excluding hydrogens is 332 g/mol. The van der Waals surface area contributed by atoms with Crippen molar-refractivity contribution in [1.29, 1.82) is 0 Å². The third-order valence-corrected chi connectivity index (χ3v) is 3.26. The van der Waals surface area contributed by atoms with Gasteiger partial charge >= 0.3 is 0 Å². The zero-order chi connectivity index (χ0) is 15.5. The predicted molar refractivity (Wildman–Crippen MR) is 90.4 cm³/mol. The van der Waals surface area contributed by atoms with Crippen molar-refractivity contribution < 1.29 is 0 Å². The third kappa shape index (κ3) is 4.30. The summed E-state index contributed by atoms with van der Waals surface area (Å²) in [5.41, 5.74) is 13.5. The highest BCUT2D eigenvalue weighted by atomic mass is 79.9. The lowest BCUT2D eigenvalue weighted by atomic mass is 10.1. The standard InChI is InChI=1S/C14H19BrN6/c1-14(2,3)21-20-13-11(16)12(17-8-18-13)19-10-7-5-4-6-9(10)15/h4-8,21H,16H2,1-3H3,(H2,17,18,19,20). The van der Waals surface area contributed by atoms with Gasteiger partial charge in [-0.15, -0.1) is 0 Å². The topological polar surface area (TPSA) is 87.9 Å². The first-order valence-electron chi connectivity index (χ1n) is 6.52. The lowest BCUT2D eigenvalue weighted by molar-refractivity contribution is 0.464. The smallest absolute Gasteiger partial charge is 0.169 e. The Morgan fingerprint density at radius 2 is 1.76 bits per heavy atom. The number of anilines is 4. The van der Waals surface area contributed by atoms with E-state index in [9.17, 15) is 0 Å². The molecule has 5 N–H and O–H groups in total. The molecule has 2 rings (SSSR count). The van der Waals surface area contributed by atoms with Crippen LogP contribution in [0.25, 0.3) is 0 Å². The van der Waals surface area contributed by atoms with Crippen molar-refractivity contribution in [1.82, 2.24) is 15.4 Å². The Labute approximate surface area is 132 Å². The summed E-state index contributed by atoms with van der Waals surface area (Å²) in [6, 6.07) is 7.76. The number of nitrogens with one attached hydrogen (secondary N) is 3. The van der Waals surface area contributed by atoms with Crippen molar-refractivity contribution in [3.63, 3.8) is 0 Å². The highest BCUT2D eigenvalue weighted by Crippen LogP contribution is 2.29. The summed E-state index contributed by atoms with van der Waals surface area (Å²) < 4.78 is 0.935. The van der Waals surface area contributed by atoms with E-state index in [1.807, 2.05) is 45.0 Å². The van der Waals surface area contributed by atoms with Gasteiger partial charge in [0.05, 0.1) is 5.69 Å². The van der Waals surface area contributed by atoms with E-state index in [2.05, 4.69) is 42.1 Å². The first kappa shape index (κ1) is 15.5. The molecule has 0 atom stereocenters. The number of nitrogen functional groups attached to an aromatic ring is 1. The van der Waals surface area contributed by atoms with Gasteiger partial charge in [0.15, 0.2) is 11.6 Å². The van der Waals surface area contributed by atoms with E-state index in [1.54, 1.807) is 0 Å². The number of para-hydroxylation sites is 1. The lowest BCUT2D eigenvalue weighted by Crippen LogP contribution is -2.40. The minimum absolute atomic E-state index is 0.104. The lowest BCUT2D eigenvalue weighted by Gasteiger charge is -2.22. The van der Waals surface area contributed by atoms with Crippen LogP contribution in [0, 0.1) is 0 Å². The molecule has 1 heterocycles. The van der Waals surface area contributed by atoms with E-state index in [4.69, 9.17) is 5.73 Å². The Balaban J connectivity index is 2.20. The van der Waals surface area contributed by atoms with Crippen molar-refractivity contribution in [2.75, 3.05) is 16.5 Å². The number of hydrogen-bond acceptors (Lipinski definition) is 6. The number of nitrogens with two attached hydrogens (primary N) is 1. The maximum Gasteiger partial charge on any atom is 0.169 e. The molecular formula is C14H19BrN6. The van der Waals surface area contributed by atoms with Crippen LogP contribution in [0.4, 0.5) is 23.0 Å². The molecule has 0 fully saturated rings. The van der Waals surface area contributed by atoms with Crippen LogP contribution < -0.4 is 21.9 Å². The third-order valence-electron chi connectivity index (χ3n) is 2.57. The number of hydrazine groups is 1. The van der Waals surface area contributed by atoms with Crippen LogP contribution in [-0.2, 0) is 0 Å². The second kappa shape index (κ2) is 6.28. The van der Waals surface area contributed by atoms with Crippen LogP contribution in [-0.4, -0.2) is 15.5 Å². The Morgan fingerprint density at radius 3 is 2.43 bits per heavy atom. The number of rotatable bonds is 4. The van der Waals surface area contributed by atoms with Gasteiger partial charge in [-0.25, -0.2) is 15.4 Å². The number of nitrogens with zero attached hydrogens (tertiary/aromatic N) is 2. The van der Waals surface area contributed by atoms with Gasteiger partial charge in [-0.05, 0) is 48.8 Å². The molecule has 0 spiro atoms. The van der Waals surface area contributed by atoms with Gasteiger partial charge in [0, 0.05) is 10.0 Å². The fraction of sp³-hybridized carbons (Fsp3) is 0.286. The first-order chi connectivity index (χ1) is 9.87. The van der Waals surface area contributed by atoms with Gasteiger partial charge in [-0.2, -0.15) is 0 Å². The second-order valence-corrected chi connectivity index (χ2v) is 6.44. The first-order valence-corrected chi connectivity index (χ1v) is 7.31.